The molecule has 8 rings (SSSR count). The van der Waals surface area contributed by atoms with Crippen molar-refractivity contribution in [1.82, 2.24) is 40.7 Å². The molecule has 2 aliphatic rings. The van der Waals surface area contributed by atoms with E-state index in [9.17, 15) is 29.2 Å². The number of hydrogen-bond donors (Lipinski definition) is 3. The third kappa shape index (κ3) is 14.5. The molecule has 2 heterocycles. The van der Waals surface area contributed by atoms with Crippen LogP contribution in [0.25, 0.3) is 21.9 Å². The van der Waals surface area contributed by atoms with Gasteiger partial charge in [0.1, 0.15) is 67.1 Å². The molecule has 0 radical (unpaired) electrons. The summed E-state index contributed by atoms with van der Waals surface area (Å²) in [6.45, 7) is 15.7. The van der Waals surface area contributed by atoms with Crippen molar-refractivity contribution in [2.45, 2.75) is 122 Å². The van der Waals surface area contributed by atoms with Crippen molar-refractivity contribution in [3.05, 3.63) is 162 Å². The number of ether oxygens (including phenoxy) is 4. The highest BCUT2D eigenvalue weighted by Crippen LogP contribution is 2.44. The molecule has 0 bridgehead atoms. The minimum absolute atomic E-state index is 0.000114. The zero-order valence-corrected chi connectivity index (χ0v) is 47.6. The highest BCUT2D eigenvalue weighted by atomic mass is 16.6. The predicted molar refractivity (Wildman–Crippen MR) is 307 cm³/mol. The first-order valence-corrected chi connectivity index (χ1v) is 27.4. The second-order valence-electron chi connectivity index (χ2n) is 22.8. The van der Waals surface area contributed by atoms with Gasteiger partial charge in [0.05, 0.1) is 18.3 Å². The molecule has 6 atom stereocenters. The van der Waals surface area contributed by atoms with Crippen molar-refractivity contribution in [1.29, 1.82) is 5.26 Å². The minimum atomic E-state index is -1.19. The lowest BCUT2D eigenvalue weighted by Gasteiger charge is -2.37. The molecular weight excluding hydrogens is 1040 g/mol. The van der Waals surface area contributed by atoms with Crippen molar-refractivity contribution < 1.29 is 47.7 Å². The summed E-state index contributed by atoms with van der Waals surface area (Å²) in [7, 11) is 1.43. The van der Waals surface area contributed by atoms with Crippen LogP contribution in [-0.4, -0.2) is 123 Å². The molecule has 82 heavy (non-hydrogen) atoms. The third-order valence-electron chi connectivity index (χ3n) is 14.6. The van der Waals surface area contributed by atoms with E-state index < -0.39 is 83.1 Å². The van der Waals surface area contributed by atoms with E-state index in [0.717, 1.165) is 49.1 Å². The Morgan fingerprint density at radius 3 is 2.11 bits per heavy atom. The van der Waals surface area contributed by atoms with Crippen molar-refractivity contribution in [2.24, 2.45) is 5.41 Å². The maximum absolute atomic E-state index is 15.1. The first-order valence-electron chi connectivity index (χ1n) is 27.4. The molecule has 1 aromatic heterocycles. The number of likely N-dealkylation sites (N-methyl/N-ethyl adjacent to an activating group) is 1. The topological polar surface area (TPSA) is 236 Å². The van der Waals surface area contributed by atoms with Gasteiger partial charge in [-0.05, 0) is 89.4 Å². The number of carbonyl (C=O) groups excluding carboxylic acids is 6. The van der Waals surface area contributed by atoms with E-state index in [1.807, 2.05) is 78.9 Å². The van der Waals surface area contributed by atoms with Crippen molar-refractivity contribution in [3.8, 4) is 22.9 Å². The number of fused-ring (bicyclic) bond motifs is 4. The Morgan fingerprint density at radius 1 is 0.817 bits per heavy atom. The van der Waals surface area contributed by atoms with Crippen LogP contribution in [-0.2, 0) is 52.8 Å². The molecule has 0 saturated carbocycles. The van der Waals surface area contributed by atoms with Gasteiger partial charge in [0, 0.05) is 38.8 Å². The van der Waals surface area contributed by atoms with E-state index in [0.29, 0.717) is 11.4 Å². The first-order chi connectivity index (χ1) is 39.1. The number of nitrogens with one attached hydrogen (secondary N) is 3. The molecule has 3 N–H and O–H groups in total. The highest BCUT2D eigenvalue weighted by Gasteiger charge is 2.47. The zero-order valence-electron chi connectivity index (χ0n) is 47.6. The SMILES string of the molecule is C=CCOC(=O)[C@H](Cc1ccc2ccccc2c1)NC(=O)[C@@H]1C[C@H](n2cc(COc3ccc(C[C@@H](C#N)NC(=O)OCC4c5ccccc5-c5ccccc54)cc3)nn2)CN1C(=O)[C@@H](NC(=O)[C@H](C)N(C)C(=O)OC(C)(C)C)C(C)(C)C. The molecule has 5 aromatic carbocycles. The van der Waals surface area contributed by atoms with E-state index >= 15 is 4.79 Å². The number of nitriles is 1. The van der Waals surface area contributed by atoms with Crippen LogP contribution in [0.4, 0.5) is 9.59 Å². The average molecular weight is 1110 g/mol. The Balaban J connectivity index is 0.940. The van der Waals surface area contributed by atoms with Crippen LogP contribution in [0.3, 0.4) is 0 Å². The molecule has 6 aromatic rings. The Bertz CT molecular complexity index is 3310. The van der Waals surface area contributed by atoms with Gasteiger partial charge in [0.25, 0.3) is 0 Å². The Labute approximate surface area is 477 Å². The van der Waals surface area contributed by atoms with Gasteiger partial charge in [-0.15, -0.1) is 5.10 Å². The maximum atomic E-state index is 15.1. The molecule has 5 amide bonds. The summed E-state index contributed by atoms with van der Waals surface area (Å²) in [6, 6.07) is 32.9. The zero-order chi connectivity index (χ0) is 58.9. The number of benzene rings is 5. The molecular formula is C63H71N9O10. The van der Waals surface area contributed by atoms with E-state index in [1.165, 1.54) is 24.9 Å². The van der Waals surface area contributed by atoms with E-state index in [-0.39, 0.29) is 51.5 Å². The number of rotatable bonds is 20. The summed E-state index contributed by atoms with van der Waals surface area (Å²) in [6.07, 6.45) is 2.03. The number of aromatic nitrogens is 3. The lowest BCUT2D eigenvalue weighted by atomic mass is 9.85. The van der Waals surface area contributed by atoms with Crippen LogP contribution in [0.1, 0.15) is 94.8 Å². The summed E-state index contributed by atoms with van der Waals surface area (Å²) in [5.41, 5.74) is 4.65. The summed E-state index contributed by atoms with van der Waals surface area (Å²) < 4.78 is 24.3. The first kappa shape index (κ1) is 59.1. The minimum Gasteiger partial charge on any atom is -0.487 e. The van der Waals surface area contributed by atoms with E-state index in [1.54, 1.807) is 76.7 Å². The maximum Gasteiger partial charge on any atom is 0.410 e. The Kier molecular flexibility index (Phi) is 18.4. The van der Waals surface area contributed by atoms with Crippen molar-refractivity contribution >= 4 is 46.6 Å². The lowest BCUT2D eigenvalue weighted by molar-refractivity contribution is -0.148. The fourth-order valence-corrected chi connectivity index (χ4v) is 10.1. The number of nitrogens with zero attached hydrogens (tertiary/aromatic N) is 6. The number of amides is 5. The number of likely N-dealkylation sites (tertiary alicyclic amines) is 1. The molecule has 1 fully saturated rings. The molecule has 1 saturated heterocycles. The number of carbonyl (C=O) groups is 6. The van der Waals surface area contributed by atoms with Gasteiger partial charge < -0.3 is 39.8 Å². The van der Waals surface area contributed by atoms with Gasteiger partial charge in [-0.25, -0.2) is 19.1 Å². The van der Waals surface area contributed by atoms with Gasteiger partial charge in [0.15, 0.2) is 0 Å². The van der Waals surface area contributed by atoms with Crippen molar-refractivity contribution in [2.75, 3.05) is 26.8 Å². The van der Waals surface area contributed by atoms with Crippen LogP contribution in [0, 0.1) is 16.7 Å². The molecule has 19 nitrogen and oxygen atoms in total. The predicted octanol–water partition coefficient (Wildman–Crippen LogP) is 8.37. The molecule has 0 spiro atoms. The second-order valence-corrected chi connectivity index (χ2v) is 22.8. The quantitative estimate of drug-likeness (QED) is 0.0371. The van der Waals surface area contributed by atoms with Crippen LogP contribution < -0.4 is 20.7 Å². The molecule has 428 valence electrons. The van der Waals surface area contributed by atoms with Gasteiger partial charge in [-0.2, -0.15) is 5.26 Å². The number of esters is 1. The molecule has 0 unspecified atom stereocenters. The smallest absolute Gasteiger partial charge is 0.410 e. The molecule has 1 aliphatic carbocycles. The van der Waals surface area contributed by atoms with Gasteiger partial charge in [-0.3, -0.25) is 19.3 Å². The van der Waals surface area contributed by atoms with Crippen molar-refractivity contribution in [3.63, 3.8) is 0 Å². The average Bonchev–Trinajstić information content (AvgIpc) is 3.89. The third-order valence-corrected chi connectivity index (χ3v) is 14.6. The van der Waals surface area contributed by atoms with E-state index in [4.69, 9.17) is 18.9 Å². The van der Waals surface area contributed by atoms with E-state index in [2.05, 4.69) is 51.0 Å². The summed E-state index contributed by atoms with van der Waals surface area (Å²) in [4.78, 5) is 86.0. The number of alkyl carbamates (subject to hydrolysis) is 1. The normalized spacial score (nSPS) is 16.3. The van der Waals surface area contributed by atoms with Crippen LogP contribution in [0.2, 0.25) is 0 Å². The second kappa shape index (κ2) is 25.6. The molecule has 1 aliphatic heterocycles. The fourth-order valence-electron chi connectivity index (χ4n) is 10.1. The van der Waals surface area contributed by atoms with Gasteiger partial charge in [-0.1, -0.05) is 142 Å². The number of hydrogen-bond acceptors (Lipinski definition) is 13. The Morgan fingerprint density at radius 2 is 1.46 bits per heavy atom. The van der Waals surface area contributed by atoms with Crippen LogP contribution in [0.5, 0.6) is 5.75 Å². The molecule has 19 heteroatoms. The fraction of sp³-hybridized carbons (Fsp3) is 0.381. The van der Waals surface area contributed by atoms with Gasteiger partial charge >= 0.3 is 18.2 Å². The van der Waals surface area contributed by atoms with Crippen LogP contribution in [0.15, 0.2) is 134 Å². The highest BCUT2D eigenvalue weighted by molar-refractivity contribution is 5.96. The van der Waals surface area contributed by atoms with Crippen LogP contribution >= 0.6 is 0 Å². The van der Waals surface area contributed by atoms with Gasteiger partial charge in [0.2, 0.25) is 17.7 Å². The summed E-state index contributed by atoms with van der Waals surface area (Å²) in [5.74, 6) is -2.14. The summed E-state index contributed by atoms with van der Waals surface area (Å²) >= 11 is 0. The summed E-state index contributed by atoms with van der Waals surface area (Å²) in [5, 5.41) is 29.1. The lowest BCUT2D eigenvalue weighted by Crippen LogP contribution is -2.60. The Hall–Kier alpha value is -9.05. The largest absolute Gasteiger partial charge is 0.487 e. The standard InChI is InChI=1S/C63H71N9O10/c1-10-29-79-59(76)53(32-41-23-26-42-17-11-12-18-43(42)30-41)66-57(74)54-33-46(36-71(54)58(75)55(62(3,4)5)67-56(73)39(2)70(9)61(78)82-63(6,7)8)72-35-45(68-69-72)37-80-47-27-24-40(25-28-47)31-44(34-64)65-60(77)81-38-52-50-21-15-13-19-48(50)49-20-14-16-22-51(49)52/h10-28,30,35,39,44,46,52-55H,1,29,31-33,36-38H2,2-9H3,(H,65,77)(H,66,74)(H,67,73)/t39-,44-,46-,53-,54-,55+/m0/s1. The monoisotopic (exact) mass is 1110 g/mol.